The molecule has 0 aromatic rings. The lowest BCUT2D eigenvalue weighted by Gasteiger charge is -2.40. The molecule has 0 spiro atoms. The Balaban J connectivity index is 2.37. The van der Waals surface area contributed by atoms with Crippen LogP contribution in [0.3, 0.4) is 0 Å². The second-order valence-corrected chi connectivity index (χ2v) is 15.8. The molecule has 7 atom stereocenters. The Bertz CT molecular complexity index is 899. The van der Waals surface area contributed by atoms with E-state index in [1.165, 1.54) is 109 Å². The Morgan fingerprint density at radius 1 is 0.611 bits per heavy atom. The van der Waals surface area contributed by atoms with Gasteiger partial charge in [-0.25, -0.2) is 0 Å². The molecule has 1 fully saturated rings. The summed E-state index contributed by atoms with van der Waals surface area (Å²) in [5.74, 6) is -0.163. The lowest BCUT2D eigenvalue weighted by atomic mass is 9.99. The average Bonchev–Trinajstić information content (AvgIpc) is 3.17. The van der Waals surface area contributed by atoms with Crippen molar-refractivity contribution in [2.75, 3.05) is 13.2 Å². The third kappa shape index (κ3) is 26.5. The van der Waals surface area contributed by atoms with Gasteiger partial charge < -0.3 is 40.3 Å². The number of aliphatic hydroxyl groups is 5. The molecule has 1 aliphatic rings. The normalized spacial score (nSPS) is 21.6. The molecule has 1 saturated heterocycles. The topological polar surface area (TPSA) is 149 Å². The Morgan fingerprint density at radius 2 is 1.04 bits per heavy atom. The summed E-state index contributed by atoms with van der Waals surface area (Å²) in [6, 6.07) is -0.736. The van der Waals surface area contributed by atoms with E-state index < -0.39 is 49.5 Å². The van der Waals surface area contributed by atoms with Crippen LogP contribution in [-0.2, 0) is 14.3 Å². The summed E-state index contributed by atoms with van der Waals surface area (Å²) in [7, 11) is 0. The summed E-state index contributed by atoms with van der Waals surface area (Å²) < 4.78 is 11.2. The molecular formula is C45H85NO8. The third-order valence-electron chi connectivity index (χ3n) is 10.8. The number of carbonyl (C=O) groups excluding carboxylic acids is 1. The molecule has 2 unspecified atom stereocenters. The fourth-order valence-corrected chi connectivity index (χ4v) is 7.09. The number of carbonyl (C=O) groups is 1. The fraction of sp³-hybridized carbons (Fsp3) is 0.889. The van der Waals surface area contributed by atoms with Crippen LogP contribution in [0.15, 0.2) is 24.3 Å². The minimum absolute atomic E-state index is 0.152. The first-order valence-electron chi connectivity index (χ1n) is 22.5. The van der Waals surface area contributed by atoms with E-state index in [-0.39, 0.29) is 12.5 Å². The molecule has 0 saturated carbocycles. The van der Waals surface area contributed by atoms with Crippen molar-refractivity contribution >= 4 is 5.91 Å². The first kappa shape index (κ1) is 50.7. The fourth-order valence-electron chi connectivity index (χ4n) is 7.09. The molecule has 6 N–H and O–H groups in total. The lowest BCUT2D eigenvalue weighted by Crippen LogP contribution is -2.60. The highest BCUT2D eigenvalue weighted by Crippen LogP contribution is 2.23. The van der Waals surface area contributed by atoms with Gasteiger partial charge in [0.25, 0.3) is 0 Å². The Hall–Kier alpha value is -1.33. The molecule has 1 rings (SSSR count). The summed E-state index contributed by atoms with van der Waals surface area (Å²) in [4.78, 5) is 12.9. The number of hydrogen-bond acceptors (Lipinski definition) is 8. The summed E-state index contributed by atoms with van der Waals surface area (Å²) >= 11 is 0. The predicted molar refractivity (Wildman–Crippen MR) is 221 cm³/mol. The van der Waals surface area contributed by atoms with E-state index in [1.54, 1.807) is 0 Å². The first-order chi connectivity index (χ1) is 26.3. The van der Waals surface area contributed by atoms with Crippen molar-refractivity contribution in [3.8, 4) is 0 Å². The number of amides is 1. The second kappa shape index (κ2) is 36.0. The van der Waals surface area contributed by atoms with Crippen LogP contribution in [0.5, 0.6) is 0 Å². The standard InChI is InChI=1S/C45H85NO8/c1-3-5-7-9-11-13-15-17-19-20-21-22-24-26-28-30-32-34-39(48)38(37-53-45-44(52)43(51)42(50)40(36-47)54-45)46-41(49)35-33-31-29-27-25-23-18-16-14-12-10-8-6-4-2/h16,18,24,26,38-40,42-45,47-48,50-52H,3-15,17,19-23,25,27-37H2,1-2H3,(H,46,49)/b18-16+,26-24+/t38-,39+,40+,42+,43?,44?,45+/m0/s1. The molecule has 54 heavy (non-hydrogen) atoms. The molecule has 9 nitrogen and oxygen atoms in total. The Labute approximate surface area is 330 Å². The van der Waals surface area contributed by atoms with Gasteiger partial charge in [-0.3, -0.25) is 4.79 Å². The zero-order chi connectivity index (χ0) is 39.5. The minimum Gasteiger partial charge on any atom is -0.394 e. The van der Waals surface area contributed by atoms with Crippen molar-refractivity contribution in [1.29, 1.82) is 0 Å². The Kier molecular flexibility index (Phi) is 33.8. The molecule has 9 heteroatoms. The van der Waals surface area contributed by atoms with Crippen LogP contribution < -0.4 is 5.32 Å². The predicted octanol–water partition coefficient (Wildman–Crippen LogP) is 9.11. The summed E-state index contributed by atoms with van der Waals surface area (Å²) in [5, 5.41) is 54.3. The number of ether oxygens (including phenoxy) is 2. The SMILES string of the molecule is CCCCCCC/C=C/CCCCCCCC(=O)N[C@@H](CO[C@@H]1O[C@H](CO)[C@@H](O)C(O)C1O)[C@H](O)CCCC/C=C/CCCCCCCCCCCCC. The van der Waals surface area contributed by atoms with E-state index >= 15 is 0 Å². The van der Waals surface area contributed by atoms with E-state index in [2.05, 4.69) is 43.5 Å². The van der Waals surface area contributed by atoms with Crippen LogP contribution in [0.1, 0.15) is 200 Å². The Morgan fingerprint density at radius 3 is 1.50 bits per heavy atom. The van der Waals surface area contributed by atoms with Gasteiger partial charge in [-0.15, -0.1) is 0 Å². The van der Waals surface area contributed by atoms with Crippen molar-refractivity contribution in [2.45, 2.75) is 243 Å². The van der Waals surface area contributed by atoms with Gasteiger partial charge in [0, 0.05) is 6.42 Å². The maximum atomic E-state index is 12.9. The van der Waals surface area contributed by atoms with Crippen LogP contribution >= 0.6 is 0 Å². The molecule has 0 aromatic heterocycles. The number of unbranched alkanes of at least 4 members (excludes halogenated alkanes) is 23. The number of hydrogen-bond donors (Lipinski definition) is 6. The summed E-state index contributed by atoms with van der Waals surface area (Å²) in [5.41, 5.74) is 0. The van der Waals surface area contributed by atoms with Crippen LogP contribution in [0, 0.1) is 0 Å². The van der Waals surface area contributed by atoms with Crippen LogP contribution in [0.25, 0.3) is 0 Å². The van der Waals surface area contributed by atoms with Crippen molar-refractivity contribution in [3.05, 3.63) is 24.3 Å². The molecule has 0 bridgehead atoms. The van der Waals surface area contributed by atoms with Gasteiger partial charge in [0.2, 0.25) is 5.91 Å². The van der Waals surface area contributed by atoms with Crippen LogP contribution in [0.4, 0.5) is 0 Å². The number of nitrogens with one attached hydrogen (secondary N) is 1. The van der Waals surface area contributed by atoms with Gasteiger partial charge in [-0.05, 0) is 64.2 Å². The van der Waals surface area contributed by atoms with Gasteiger partial charge in [-0.1, -0.05) is 154 Å². The lowest BCUT2D eigenvalue weighted by molar-refractivity contribution is -0.302. The van der Waals surface area contributed by atoms with E-state index in [4.69, 9.17) is 9.47 Å². The maximum absolute atomic E-state index is 12.9. The van der Waals surface area contributed by atoms with E-state index in [9.17, 15) is 30.3 Å². The third-order valence-corrected chi connectivity index (χ3v) is 10.8. The molecular weight excluding hydrogens is 682 g/mol. The van der Waals surface area contributed by atoms with Gasteiger partial charge in [0.1, 0.15) is 24.4 Å². The monoisotopic (exact) mass is 768 g/mol. The van der Waals surface area contributed by atoms with E-state index in [1.807, 2.05) is 0 Å². The van der Waals surface area contributed by atoms with Crippen molar-refractivity contribution in [2.24, 2.45) is 0 Å². The van der Waals surface area contributed by atoms with Crippen molar-refractivity contribution < 1.29 is 39.8 Å². The maximum Gasteiger partial charge on any atom is 0.220 e. The molecule has 1 aliphatic heterocycles. The highest BCUT2D eigenvalue weighted by Gasteiger charge is 2.44. The zero-order valence-corrected chi connectivity index (χ0v) is 34.7. The van der Waals surface area contributed by atoms with Crippen LogP contribution in [-0.4, -0.2) is 87.5 Å². The highest BCUT2D eigenvalue weighted by atomic mass is 16.7. The molecule has 1 amide bonds. The second-order valence-electron chi connectivity index (χ2n) is 15.8. The van der Waals surface area contributed by atoms with Crippen molar-refractivity contribution in [3.63, 3.8) is 0 Å². The zero-order valence-electron chi connectivity index (χ0n) is 34.7. The molecule has 0 aromatic carbocycles. The molecule has 1 heterocycles. The first-order valence-corrected chi connectivity index (χ1v) is 22.5. The number of aliphatic hydroxyl groups excluding tert-OH is 5. The van der Waals surface area contributed by atoms with E-state index in [0.29, 0.717) is 12.8 Å². The van der Waals surface area contributed by atoms with Gasteiger partial charge in [0.15, 0.2) is 6.29 Å². The molecule has 0 radical (unpaired) electrons. The molecule has 0 aliphatic carbocycles. The summed E-state index contributed by atoms with van der Waals surface area (Å²) in [6.07, 6.45) is 34.7. The molecule has 318 valence electrons. The average molecular weight is 768 g/mol. The summed E-state index contributed by atoms with van der Waals surface area (Å²) in [6.45, 7) is 3.80. The van der Waals surface area contributed by atoms with Crippen LogP contribution in [0.2, 0.25) is 0 Å². The minimum atomic E-state index is -1.56. The largest absolute Gasteiger partial charge is 0.394 e. The smallest absolute Gasteiger partial charge is 0.220 e. The van der Waals surface area contributed by atoms with Gasteiger partial charge >= 0.3 is 0 Å². The number of rotatable bonds is 37. The van der Waals surface area contributed by atoms with Crippen molar-refractivity contribution in [1.82, 2.24) is 5.32 Å². The van der Waals surface area contributed by atoms with Gasteiger partial charge in [0.05, 0.1) is 25.4 Å². The van der Waals surface area contributed by atoms with E-state index in [0.717, 1.165) is 64.2 Å². The van der Waals surface area contributed by atoms with Gasteiger partial charge in [-0.2, -0.15) is 0 Å². The number of allylic oxidation sites excluding steroid dienone is 4. The highest BCUT2D eigenvalue weighted by molar-refractivity contribution is 5.76. The quantitative estimate of drug-likeness (QED) is 0.0271.